The average molecular weight is 167 g/mol. The predicted octanol–water partition coefficient (Wildman–Crippen LogP) is 0.0504. The van der Waals surface area contributed by atoms with Crippen LogP contribution in [0.25, 0.3) is 0 Å². The second-order valence-corrected chi connectivity index (χ2v) is 2.29. The molecule has 0 aliphatic heterocycles. The Kier molecular flexibility index (Phi) is 1.86. The number of benzene rings is 1. The first-order valence-corrected chi connectivity index (χ1v) is 3.16. The zero-order valence-corrected chi connectivity index (χ0v) is 6.23. The van der Waals surface area contributed by atoms with Crippen molar-refractivity contribution in [2.24, 2.45) is 0 Å². The van der Waals surface area contributed by atoms with E-state index in [-0.39, 0.29) is 5.56 Å². The second kappa shape index (κ2) is 2.69. The van der Waals surface area contributed by atoms with E-state index in [1.807, 2.05) is 0 Å². The van der Waals surface area contributed by atoms with Crippen molar-refractivity contribution in [2.75, 3.05) is 0 Å². The quantitative estimate of drug-likeness (QED) is 0.436. The Balaban J connectivity index is 3.36. The van der Waals surface area contributed by atoms with Gasteiger partial charge in [0.1, 0.15) is 0 Å². The lowest BCUT2D eigenvalue weighted by molar-refractivity contribution is -0.398. The van der Waals surface area contributed by atoms with Gasteiger partial charge in [-0.15, -0.1) is 5.75 Å². The minimum atomic E-state index is -0.799. The Morgan fingerprint density at radius 1 is 1.33 bits per heavy atom. The Bertz CT molecular complexity index is 334. The molecule has 0 fully saturated rings. The number of nitro benzene ring substituents is 1. The summed E-state index contributed by atoms with van der Waals surface area (Å²) in [6, 6.07) is 1.95. The van der Waals surface area contributed by atoms with Crippen molar-refractivity contribution < 1.29 is 15.1 Å². The minimum Gasteiger partial charge on any atom is -0.872 e. The van der Waals surface area contributed by atoms with Crippen LogP contribution in [-0.4, -0.2) is 4.92 Å². The van der Waals surface area contributed by atoms with E-state index >= 15 is 0 Å². The van der Waals surface area contributed by atoms with Crippen LogP contribution in [0.5, 0.6) is 11.5 Å². The fourth-order valence-corrected chi connectivity index (χ4v) is 0.803. The number of hydrogen-bond donors (Lipinski definition) is 0. The van der Waals surface area contributed by atoms with E-state index < -0.39 is 22.1 Å². The highest BCUT2D eigenvalue weighted by atomic mass is 16.6. The molecule has 0 bridgehead atoms. The summed E-state index contributed by atoms with van der Waals surface area (Å²) in [5.41, 5.74) is -0.656. The summed E-state index contributed by atoms with van der Waals surface area (Å²) < 4.78 is 0. The number of rotatable bonds is 1. The van der Waals surface area contributed by atoms with Gasteiger partial charge in [-0.25, -0.2) is 0 Å². The van der Waals surface area contributed by atoms with Gasteiger partial charge in [0.25, 0.3) is 5.69 Å². The van der Waals surface area contributed by atoms with Crippen molar-refractivity contribution in [2.45, 2.75) is 6.92 Å². The molecule has 0 saturated heterocycles. The lowest BCUT2D eigenvalue weighted by atomic mass is 10.2. The summed E-state index contributed by atoms with van der Waals surface area (Å²) >= 11 is 0. The van der Waals surface area contributed by atoms with Gasteiger partial charge in [0, 0.05) is 6.07 Å². The van der Waals surface area contributed by atoms with Crippen LogP contribution in [0, 0.1) is 17.0 Å². The SMILES string of the molecule is Cc1c([O-])ccc([N+](=O)[O-])c1[O-]. The van der Waals surface area contributed by atoms with Gasteiger partial charge < -0.3 is 10.2 Å². The molecule has 0 unspecified atom stereocenters. The molecular weight excluding hydrogens is 162 g/mol. The van der Waals surface area contributed by atoms with E-state index in [9.17, 15) is 20.3 Å². The molecule has 0 spiro atoms. The van der Waals surface area contributed by atoms with Gasteiger partial charge in [0.05, 0.1) is 4.92 Å². The third kappa shape index (κ3) is 1.16. The molecule has 0 N–H and O–H groups in total. The van der Waals surface area contributed by atoms with E-state index in [4.69, 9.17) is 0 Å². The molecule has 1 aromatic carbocycles. The summed E-state index contributed by atoms with van der Waals surface area (Å²) in [6.45, 7) is 1.28. The fourth-order valence-electron chi connectivity index (χ4n) is 0.803. The normalized spacial score (nSPS) is 9.75. The van der Waals surface area contributed by atoms with Crippen LogP contribution < -0.4 is 10.2 Å². The summed E-state index contributed by atoms with van der Waals surface area (Å²) in [4.78, 5) is 9.39. The van der Waals surface area contributed by atoms with Crippen LogP contribution in [-0.2, 0) is 0 Å². The van der Waals surface area contributed by atoms with E-state index in [0.717, 1.165) is 12.1 Å². The zero-order valence-electron chi connectivity index (χ0n) is 6.23. The molecule has 0 radical (unpaired) electrons. The Labute approximate surface area is 68.0 Å². The van der Waals surface area contributed by atoms with Crippen molar-refractivity contribution in [3.05, 3.63) is 27.8 Å². The van der Waals surface area contributed by atoms with Crippen molar-refractivity contribution in [3.8, 4) is 11.5 Å². The maximum atomic E-state index is 11.0. The molecule has 0 heterocycles. The van der Waals surface area contributed by atoms with Crippen LogP contribution in [0.2, 0.25) is 0 Å². The maximum absolute atomic E-state index is 11.0. The second-order valence-electron chi connectivity index (χ2n) is 2.29. The predicted molar refractivity (Wildman–Crippen MR) is 36.7 cm³/mol. The molecule has 0 aliphatic carbocycles. The monoisotopic (exact) mass is 167 g/mol. The molecule has 12 heavy (non-hydrogen) atoms. The molecule has 0 amide bonds. The standard InChI is InChI=1S/C7H7NO4/c1-4-6(9)3-2-5(7(4)10)8(11)12/h2-3,9-10H,1H3/p-2. The van der Waals surface area contributed by atoms with Crippen LogP contribution in [0.1, 0.15) is 5.56 Å². The van der Waals surface area contributed by atoms with Crippen molar-refractivity contribution in [3.63, 3.8) is 0 Å². The molecule has 0 atom stereocenters. The van der Waals surface area contributed by atoms with Gasteiger partial charge in [-0.2, -0.15) is 0 Å². The fraction of sp³-hybridized carbons (Fsp3) is 0.143. The highest BCUT2D eigenvalue weighted by Crippen LogP contribution is 2.30. The highest BCUT2D eigenvalue weighted by Gasteiger charge is 2.06. The molecule has 0 aliphatic rings. The van der Waals surface area contributed by atoms with Gasteiger partial charge in [0.15, 0.2) is 0 Å². The Hall–Kier alpha value is -1.78. The summed E-state index contributed by atoms with van der Waals surface area (Å²) in [7, 11) is 0. The van der Waals surface area contributed by atoms with Crippen LogP contribution in [0.3, 0.4) is 0 Å². The van der Waals surface area contributed by atoms with Crippen molar-refractivity contribution >= 4 is 5.69 Å². The molecule has 5 nitrogen and oxygen atoms in total. The third-order valence-electron chi connectivity index (χ3n) is 1.53. The zero-order chi connectivity index (χ0) is 9.30. The first kappa shape index (κ1) is 8.32. The van der Waals surface area contributed by atoms with Crippen LogP contribution in [0.4, 0.5) is 5.69 Å². The lowest BCUT2D eigenvalue weighted by Gasteiger charge is -2.17. The first-order chi connectivity index (χ1) is 5.54. The molecule has 0 saturated carbocycles. The summed E-state index contributed by atoms with van der Waals surface area (Å²) in [5.74, 6) is -1.27. The largest absolute Gasteiger partial charge is 0.872 e. The Morgan fingerprint density at radius 3 is 2.42 bits per heavy atom. The average Bonchev–Trinajstić information content (AvgIpc) is 2.00. The lowest BCUT2D eigenvalue weighted by Crippen LogP contribution is -2.03. The highest BCUT2D eigenvalue weighted by molar-refractivity contribution is 5.54. The van der Waals surface area contributed by atoms with Gasteiger partial charge in [-0.3, -0.25) is 10.1 Å². The Morgan fingerprint density at radius 2 is 1.92 bits per heavy atom. The van der Waals surface area contributed by atoms with Crippen LogP contribution in [0.15, 0.2) is 12.1 Å². The molecule has 5 heteroatoms. The molecular formula is C7H5NO4-2. The molecule has 0 aromatic heterocycles. The number of hydrogen-bond acceptors (Lipinski definition) is 4. The molecule has 1 aromatic rings. The van der Waals surface area contributed by atoms with E-state index in [1.54, 1.807) is 0 Å². The van der Waals surface area contributed by atoms with E-state index in [0.29, 0.717) is 0 Å². The van der Waals surface area contributed by atoms with Gasteiger partial charge in [-0.05, 0) is 12.7 Å². The number of nitrogens with zero attached hydrogens (tertiary/aromatic N) is 1. The first-order valence-electron chi connectivity index (χ1n) is 3.16. The third-order valence-corrected chi connectivity index (χ3v) is 1.53. The van der Waals surface area contributed by atoms with Gasteiger partial charge in [-0.1, -0.05) is 11.6 Å². The van der Waals surface area contributed by atoms with E-state index in [2.05, 4.69) is 0 Å². The van der Waals surface area contributed by atoms with Gasteiger partial charge in [0.2, 0.25) is 0 Å². The van der Waals surface area contributed by atoms with Crippen LogP contribution >= 0.6 is 0 Å². The molecule has 1 rings (SSSR count). The number of nitro groups is 1. The maximum Gasteiger partial charge on any atom is 0.261 e. The molecule has 64 valence electrons. The minimum absolute atomic E-state index is 0.107. The van der Waals surface area contributed by atoms with E-state index in [1.165, 1.54) is 6.92 Å². The summed E-state index contributed by atoms with van der Waals surface area (Å²) in [5, 5.41) is 32.0. The van der Waals surface area contributed by atoms with Crippen molar-refractivity contribution in [1.29, 1.82) is 0 Å². The smallest absolute Gasteiger partial charge is 0.261 e. The van der Waals surface area contributed by atoms with Gasteiger partial charge >= 0.3 is 0 Å². The topological polar surface area (TPSA) is 89.3 Å². The van der Waals surface area contributed by atoms with Crippen molar-refractivity contribution in [1.82, 2.24) is 0 Å². The summed E-state index contributed by atoms with van der Waals surface area (Å²) in [6.07, 6.45) is 0.